The van der Waals surface area contributed by atoms with Crippen molar-refractivity contribution in [2.75, 3.05) is 20.2 Å². The van der Waals surface area contributed by atoms with E-state index in [-0.39, 0.29) is 0 Å². The lowest BCUT2D eigenvalue weighted by atomic mass is 10.1. The molecule has 1 fully saturated rings. The molecule has 23 heavy (non-hydrogen) atoms. The number of aliphatic imine (C=N–C) groups is 1. The van der Waals surface area contributed by atoms with Crippen LogP contribution in [0.5, 0.6) is 0 Å². The van der Waals surface area contributed by atoms with Crippen LogP contribution in [0.25, 0.3) is 10.9 Å². The Morgan fingerprint density at radius 1 is 1.43 bits per heavy atom. The van der Waals surface area contributed by atoms with Gasteiger partial charge >= 0.3 is 0 Å². The molecule has 0 amide bonds. The summed E-state index contributed by atoms with van der Waals surface area (Å²) in [6.45, 7) is 4.80. The zero-order chi connectivity index (χ0) is 15.8. The number of ether oxygens (including phenoxy) is 1. The molecule has 0 unspecified atom stereocenters. The fraction of sp³-hybridized carbons (Fsp3) is 0.444. The molecule has 5 heteroatoms. The van der Waals surface area contributed by atoms with Gasteiger partial charge in [0.1, 0.15) is 5.03 Å². The van der Waals surface area contributed by atoms with Crippen molar-refractivity contribution in [1.29, 1.82) is 0 Å². The van der Waals surface area contributed by atoms with Crippen LogP contribution in [0.4, 0.5) is 0 Å². The average Bonchev–Trinajstić information content (AvgIpc) is 3.06. The molecule has 2 aliphatic rings. The minimum absolute atomic E-state index is 0.338. The molecular formula is C18H21N3OS. The summed E-state index contributed by atoms with van der Waals surface area (Å²) < 4.78 is 5.80. The number of hydrogen-bond acceptors (Lipinski definition) is 4. The first-order valence-electron chi connectivity index (χ1n) is 8.15. The number of para-hydroxylation sites is 1. The average molecular weight is 327 g/mol. The van der Waals surface area contributed by atoms with Crippen LogP contribution >= 0.6 is 11.8 Å². The van der Waals surface area contributed by atoms with Crippen LogP contribution in [0.2, 0.25) is 0 Å². The lowest BCUT2D eigenvalue weighted by Crippen LogP contribution is -2.37. The molecule has 1 aromatic heterocycles. The van der Waals surface area contributed by atoms with E-state index in [1.54, 1.807) is 11.8 Å². The zero-order valence-electron chi connectivity index (χ0n) is 13.6. The number of benzene rings is 1. The van der Waals surface area contributed by atoms with Crippen molar-refractivity contribution in [2.24, 2.45) is 4.99 Å². The smallest absolute Gasteiger partial charge is 0.165 e. The lowest BCUT2D eigenvalue weighted by molar-refractivity contribution is 0.0903. The highest BCUT2D eigenvalue weighted by molar-refractivity contribution is 8.13. The topological polar surface area (TPSA) is 37.7 Å². The monoisotopic (exact) mass is 327 g/mol. The van der Waals surface area contributed by atoms with Crippen LogP contribution in [-0.4, -0.2) is 41.4 Å². The second kappa shape index (κ2) is 6.13. The van der Waals surface area contributed by atoms with E-state index in [4.69, 9.17) is 9.72 Å². The summed E-state index contributed by atoms with van der Waals surface area (Å²) in [4.78, 5) is 11.7. The van der Waals surface area contributed by atoms with Gasteiger partial charge < -0.3 is 9.64 Å². The molecule has 1 saturated heterocycles. The highest BCUT2D eigenvalue weighted by atomic mass is 32.2. The molecule has 0 N–H and O–H groups in total. The summed E-state index contributed by atoms with van der Waals surface area (Å²) in [5.41, 5.74) is 3.61. The molecule has 120 valence electrons. The Kier molecular flexibility index (Phi) is 3.99. The van der Waals surface area contributed by atoms with Crippen LogP contribution in [0.3, 0.4) is 0 Å². The first kappa shape index (κ1) is 15.0. The van der Waals surface area contributed by atoms with E-state index in [0.29, 0.717) is 6.10 Å². The van der Waals surface area contributed by atoms with Crippen LogP contribution < -0.4 is 0 Å². The van der Waals surface area contributed by atoms with Crippen molar-refractivity contribution in [2.45, 2.75) is 37.4 Å². The molecule has 2 aliphatic heterocycles. The Morgan fingerprint density at radius 3 is 3.13 bits per heavy atom. The van der Waals surface area contributed by atoms with Crippen molar-refractivity contribution in [3.05, 3.63) is 35.4 Å². The van der Waals surface area contributed by atoms with Crippen LogP contribution in [0.1, 0.15) is 24.0 Å². The first-order valence-corrected chi connectivity index (χ1v) is 8.96. The third kappa shape index (κ3) is 2.83. The summed E-state index contributed by atoms with van der Waals surface area (Å²) in [6, 6.07) is 8.65. The summed E-state index contributed by atoms with van der Waals surface area (Å²) in [5, 5.41) is 3.36. The van der Waals surface area contributed by atoms with E-state index < -0.39 is 0 Å². The molecule has 0 bridgehead atoms. The summed E-state index contributed by atoms with van der Waals surface area (Å²) in [7, 11) is 1.86. The largest absolute Gasteiger partial charge is 0.376 e. The number of aryl methyl sites for hydroxylation is 1. The molecule has 4 rings (SSSR count). The molecule has 2 aromatic rings. The van der Waals surface area contributed by atoms with Crippen LogP contribution in [0, 0.1) is 6.92 Å². The predicted molar refractivity (Wildman–Crippen MR) is 95.1 cm³/mol. The Bertz CT molecular complexity index is 768. The third-order valence-corrected chi connectivity index (χ3v) is 5.72. The van der Waals surface area contributed by atoms with Gasteiger partial charge in [-0.15, -0.1) is 0 Å². The molecule has 0 radical (unpaired) electrons. The van der Waals surface area contributed by atoms with Gasteiger partial charge in [0.2, 0.25) is 0 Å². The van der Waals surface area contributed by atoms with Gasteiger partial charge in [-0.3, -0.25) is 4.99 Å². The van der Waals surface area contributed by atoms with Gasteiger partial charge in [-0.1, -0.05) is 18.2 Å². The molecule has 4 nitrogen and oxygen atoms in total. The van der Waals surface area contributed by atoms with Crippen molar-refractivity contribution >= 4 is 27.8 Å². The molecule has 0 saturated carbocycles. The minimum atomic E-state index is 0.338. The van der Waals surface area contributed by atoms with Gasteiger partial charge in [0.25, 0.3) is 0 Å². The Morgan fingerprint density at radius 2 is 2.35 bits per heavy atom. The van der Waals surface area contributed by atoms with Gasteiger partial charge in [-0.25, -0.2) is 4.98 Å². The molecule has 1 atom stereocenters. The zero-order valence-corrected chi connectivity index (χ0v) is 14.4. The second-order valence-corrected chi connectivity index (χ2v) is 7.18. The van der Waals surface area contributed by atoms with Gasteiger partial charge in [0.05, 0.1) is 11.6 Å². The number of thioether (sulfide) groups is 1. The number of amidine groups is 1. The van der Waals surface area contributed by atoms with Gasteiger partial charge in [0.15, 0.2) is 5.17 Å². The molecule has 1 aromatic carbocycles. The van der Waals surface area contributed by atoms with Gasteiger partial charge in [-0.2, -0.15) is 0 Å². The summed E-state index contributed by atoms with van der Waals surface area (Å²) in [5.74, 6) is 0. The van der Waals surface area contributed by atoms with E-state index in [9.17, 15) is 0 Å². The highest BCUT2D eigenvalue weighted by Crippen LogP contribution is 2.34. The number of pyridine rings is 1. The van der Waals surface area contributed by atoms with E-state index in [2.05, 4.69) is 41.1 Å². The summed E-state index contributed by atoms with van der Waals surface area (Å²) >= 11 is 1.68. The number of aromatic nitrogens is 1. The van der Waals surface area contributed by atoms with Crippen LogP contribution in [0.15, 0.2) is 34.3 Å². The Labute approximate surface area is 140 Å². The minimum Gasteiger partial charge on any atom is -0.376 e. The standard InChI is InChI=1S/C18H21N3OS/c1-12-5-3-6-13-9-14-10-21(11-15-7-4-8-22-15)18(19-2)23-17(14)20-16(12)13/h3,5-6,9,15H,4,7-8,10-11H2,1-2H3/t15-/m0/s1. The number of nitrogens with zero attached hydrogens (tertiary/aromatic N) is 3. The van der Waals surface area contributed by atoms with Crippen molar-refractivity contribution in [3.8, 4) is 0 Å². The third-order valence-electron chi connectivity index (χ3n) is 4.55. The first-order chi connectivity index (χ1) is 11.2. The van der Waals surface area contributed by atoms with Crippen LogP contribution in [-0.2, 0) is 11.3 Å². The molecular weight excluding hydrogens is 306 g/mol. The normalized spacial score (nSPS) is 22.8. The van der Waals surface area contributed by atoms with Gasteiger partial charge in [-0.05, 0) is 43.2 Å². The predicted octanol–water partition coefficient (Wildman–Crippen LogP) is 3.62. The maximum absolute atomic E-state index is 5.80. The lowest BCUT2D eigenvalue weighted by Gasteiger charge is -2.32. The number of hydrogen-bond donors (Lipinski definition) is 0. The van der Waals surface area contributed by atoms with E-state index in [0.717, 1.165) is 41.8 Å². The molecule has 0 aliphatic carbocycles. The maximum Gasteiger partial charge on any atom is 0.165 e. The van der Waals surface area contributed by atoms with Crippen molar-refractivity contribution < 1.29 is 4.74 Å². The quantitative estimate of drug-likeness (QED) is 0.844. The van der Waals surface area contributed by atoms with Crippen molar-refractivity contribution in [3.63, 3.8) is 0 Å². The number of rotatable bonds is 2. The van der Waals surface area contributed by atoms with Gasteiger partial charge in [0, 0.05) is 37.7 Å². The van der Waals surface area contributed by atoms with E-state index in [1.807, 2.05) is 7.05 Å². The number of fused-ring (bicyclic) bond motifs is 2. The fourth-order valence-corrected chi connectivity index (χ4v) is 4.29. The SMILES string of the molecule is CN=C1Sc2nc3c(C)cccc3cc2CN1C[C@@H]1CCCO1. The fourth-order valence-electron chi connectivity index (χ4n) is 3.36. The van der Waals surface area contributed by atoms with Crippen molar-refractivity contribution in [1.82, 2.24) is 9.88 Å². The highest BCUT2D eigenvalue weighted by Gasteiger charge is 2.27. The maximum atomic E-state index is 5.80. The molecule has 3 heterocycles. The Hall–Kier alpha value is -1.59. The summed E-state index contributed by atoms with van der Waals surface area (Å²) in [6.07, 6.45) is 2.66. The Balaban J connectivity index is 1.68. The van der Waals surface area contributed by atoms with E-state index in [1.165, 1.54) is 22.9 Å². The van der Waals surface area contributed by atoms with E-state index >= 15 is 0 Å². The molecule has 0 spiro atoms. The second-order valence-electron chi connectivity index (χ2n) is 6.22.